The van der Waals surface area contributed by atoms with Gasteiger partial charge in [-0.3, -0.25) is 14.9 Å². The minimum absolute atomic E-state index is 0.0959. The minimum Gasteiger partial charge on any atom is -0.376 e. The highest BCUT2D eigenvalue weighted by Gasteiger charge is 2.38. The summed E-state index contributed by atoms with van der Waals surface area (Å²) < 4.78 is 6.16. The molecule has 0 aromatic heterocycles. The first-order valence-electron chi connectivity index (χ1n) is 9.47. The molecule has 2 N–H and O–H groups in total. The Hall–Kier alpha value is -0.650. The SMILES string of the molecule is C[C@H]1COC2CC(C(=O)NO)CCC2CN1CC1CCCCC1. The molecular weight excluding hydrogens is 292 g/mol. The molecule has 1 aliphatic heterocycles. The molecule has 1 heterocycles. The summed E-state index contributed by atoms with van der Waals surface area (Å²) in [6.45, 7) is 5.36. The van der Waals surface area contributed by atoms with E-state index in [2.05, 4.69) is 11.8 Å². The number of hydrogen-bond acceptors (Lipinski definition) is 4. The van der Waals surface area contributed by atoms with Gasteiger partial charge in [-0.1, -0.05) is 19.3 Å². The van der Waals surface area contributed by atoms with Gasteiger partial charge < -0.3 is 4.74 Å². The molecule has 3 fully saturated rings. The van der Waals surface area contributed by atoms with E-state index in [4.69, 9.17) is 9.94 Å². The van der Waals surface area contributed by atoms with Gasteiger partial charge in [0.1, 0.15) is 0 Å². The van der Waals surface area contributed by atoms with Crippen molar-refractivity contribution >= 4 is 5.91 Å². The maximum Gasteiger partial charge on any atom is 0.246 e. The molecule has 3 rings (SSSR count). The van der Waals surface area contributed by atoms with Gasteiger partial charge in [0.15, 0.2) is 0 Å². The van der Waals surface area contributed by atoms with Crippen LogP contribution in [0.4, 0.5) is 0 Å². The number of nitrogens with one attached hydrogen (secondary N) is 1. The van der Waals surface area contributed by atoms with Crippen LogP contribution in [0.5, 0.6) is 0 Å². The van der Waals surface area contributed by atoms with E-state index in [9.17, 15) is 4.79 Å². The van der Waals surface area contributed by atoms with Crippen LogP contribution in [-0.4, -0.2) is 47.9 Å². The zero-order chi connectivity index (χ0) is 16.2. The Kier molecular flexibility index (Phi) is 5.94. The smallest absolute Gasteiger partial charge is 0.246 e. The lowest BCUT2D eigenvalue weighted by Gasteiger charge is -2.36. The Labute approximate surface area is 139 Å². The normalized spacial score (nSPS) is 37.0. The molecule has 0 aromatic carbocycles. The number of fused-ring (bicyclic) bond motifs is 1. The van der Waals surface area contributed by atoms with E-state index in [1.165, 1.54) is 38.6 Å². The third kappa shape index (κ3) is 4.25. The van der Waals surface area contributed by atoms with Gasteiger partial charge >= 0.3 is 0 Å². The van der Waals surface area contributed by atoms with Crippen molar-refractivity contribution in [2.45, 2.75) is 70.4 Å². The first-order chi connectivity index (χ1) is 11.2. The highest BCUT2D eigenvalue weighted by Crippen LogP contribution is 2.35. The number of rotatable bonds is 3. The molecule has 23 heavy (non-hydrogen) atoms. The summed E-state index contributed by atoms with van der Waals surface area (Å²) in [6, 6.07) is 0.465. The predicted molar refractivity (Wildman–Crippen MR) is 88.1 cm³/mol. The Bertz CT molecular complexity index is 398. The van der Waals surface area contributed by atoms with Gasteiger partial charge in [-0.25, -0.2) is 5.48 Å². The average molecular weight is 324 g/mol. The number of carbonyl (C=O) groups is 1. The van der Waals surface area contributed by atoms with E-state index in [0.29, 0.717) is 12.0 Å². The van der Waals surface area contributed by atoms with Crippen LogP contribution in [0.2, 0.25) is 0 Å². The van der Waals surface area contributed by atoms with Crippen molar-refractivity contribution in [2.24, 2.45) is 17.8 Å². The Balaban J connectivity index is 1.58. The van der Waals surface area contributed by atoms with Crippen LogP contribution < -0.4 is 5.48 Å². The second-order valence-corrected chi connectivity index (χ2v) is 7.92. The van der Waals surface area contributed by atoms with Crippen molar-refractivity contribution in [3.05, 3.63) is 0 Å². The highest BCUT2D eigenvalue weighted by molar-refractivity contribution is 5.77. The van der Waals surface area contributed by atoms with Crippen LogP contribution in [-0.2, 0) is 9.53 Å². The quantitative estimate of drug-likeness (QED) is 0.619. The van der Waals surface area contributed by atoms with Gasteiger partial charge in [0.2, 0.25) is 5.91 Å². The lowest BCUT2D eigenvalue weighted by atomic mass is 9.79. The summed E-state index contributed by atoms with van der Waals surface area (Å²) in [5.74, 6) is 1.05. The topological polar surface area (TPSA) is 61.8 Å². The Morgan fingerprint density at radius 2 is 2.00 bits per heavy atom. The largest absolute Gasteiger partial charge is 0.376 e. The number of carbonyl (C=O) groups excluding carboxylic acids is 1. The van der Waals surface area contributed by atoms with E-state index >= 15 is 0 Å². The molecule has 2 aliphatic carbocycles. The molecule has 3 aliphatic rings. The first-order valence-corrected chi connectivity index (χ1v) is 9.47. The molecule has 2 saturated carbocycles. The molecule has 132 valence electrons. The zero-order valence-electron chi connectivity index (χ0n) is 14.4. The summed E-state index contributed by atoms with van der Waals surface area (Å²) >= 11 is 0. The van der Waals surface area contributed by atoms with Crippen molar-refractivity contribution in [3.8, 4) is 0 Å². The number of hydroxylamine groups is 1. The number of nitrogens with zero attached hydrogens (tertiary/aromatic N) is 1. The summed E-state index contributed by atoms with van der Waals surface area (Å²) in [6.07, 6.45) is 9.79. The first kappa shape index (κ1) is 17.2. The van der Waals surface area contributed by atoms with Gasteiger partial charge in [0, 0.05) is 25.0 Å². The number of ether oxygens (including phenoxy) is 1. The molecule has 4 atom stereocenters. The van der Waals surface area contributed by atoms with E-state index in [-0.39, 0.29) is 17.9 Å². The van der Waals surface area contributed by atoms with E-state index < -0.39 is 0 Å². The molecule has 0 radical (unpaired) electrons. The zero-order valence-corrected chi connectivity index (χ0v) is 14.4. The monoisotopic (exact) mass is 324 g/mol. The van der Waals surface area contributed by atoms with Crippen LogP contribution in [0.1, 0.15) is 58.3 Å². The van der Waals surface area contributed by atoms with Gasteiger partial charge in [0.05, 0.1) is 12.7 Å². The maximum atomic E-state index is 11.7. The fourth-order valence-electron chi connectivity index (χ4n) is 4.74. The average Bonchev–Trinajstić information content (AvgIpc) is 2.74. The number of hydrogen-bond donors (Lipinski definition) is 2. The number of amides is 1. The molecule has 5 nitrogen and oxygen atoms in total. The standard InChI is InChI=1S/C18H32N2O3/c1-13-12-23-17-9-15(18(21)19-22)7-8-16(17)11-20(13)10-14-5-3-2-4-6-14/h13-17,22H,2-12H2,1H3,(H,19,21)/t13-,15?,16?,17?/m0/s1. The highest BCUT2D eigenvalue weighted by atomic mass is 16.5. The fourth-order valence-corrected chi connectivity index (χ4v) is 4.74. The molecular formula is C18H32N2O3. The third-order valence-corrected chi connectivity index (χ3v) is 6.27. The van der Waals surface area contributed by atoms with Crippen LogP contribution >= 0.6 is 0 Å². The lowest BCUT2D eigenvalue weighted by Crippen LogP contribution is -2.43. The second kappa shape index (κ2) is 7.95. The van der Waals surface area contributed by atoms with Crippen molar-refractivity contribution in [1.29, 1.82) is 0 Å². The molecule has 0 bridgehead atoms. The van der Waals surface area contributed by atoms with Crippen molar-refractivity contribution < 1.29 is 14.7 Å². The third-order valence-electron chi connectivity index (χ3n) is 6.27. The summed E-state index contributed by atoms with van der Waals surface area (Å²) in [7, 11) is 0. The second-order valence-electron chi connectivity index (χ2n) is 7.92. The van der Waals surface area contributed by atoms with Crippen LogP contribution in [0, 0.1) is 17.8 Å². The summed E-state index contributed by atoms with van der Waals surface area (Å²) in [5.41, 5.74) is 1.81. The lowest BCUT2D eigenvalue weighted by molar-refractivity contribution is -0.137. The Morgan fingerprint density at radius 3 is 2.74 bits per heavy atom. The minimum atomic E-state index is -0.247. The van der Waals surface area contributed by atoms with E-state index in [0.717, 1.165) is 38.3 Å². The van der Waals surface area contributed by atoms with E-state index in [1.54, 1.807) is 0 Å². The van der Waals surface area contributed by atoms with Crippen LogP contribution in [0.15, 0.2) is 0 Å². The van der Waals surface area contributed by atoms with Gasteiger partial charge in [-0.05, 0) is 50.9 Å². The molecule has 0 aromatic rings. The van der Waals surface area contributed by atoms with Gasteiger partial charge in [0.25, 0.3) is 0 Å². The van der Waals surface area contributed by atoms with Crippen molar-refractivity contribution in [3.63, 3.8) is 0 Å². The van der Waals surface area contributed by atoms with Crippen LogP contribution in [0.3, 0.4) is 0 Å². The molecule has 0 spiro atoms. The van der Waals surface area contributed by atoms with E-state index in [1.807, 2.05) is 5.48 Å². The van der Waals surface area contributed by atoms with Gasteiger partial charge in [-0.15, -0.1) is 0 Å². The van der Waals surface area contributed by atoms with Crippen LogP contribution in [0.25, 0.3) is 0 Å². The molecule has 3 unspecified atom stereocenters. The molecule has 1 amide bonds. The van der Waals surface area contributed by atoms with Gasteiger partial charge in [-0.2, -0.15) is 0 Å². The predicted octanol–water partition coefficient (Wildman–Crippen LogP) is 2.58. The van der Waals surface area contributed by atoms with Crippen molar-refractivity contribution in [2.75, 3.05) is 19.7 Å². The fraction of sp³-hybridized carbons (Fsp3) is 0.944. The molecule has 5 heteroatoms. The summed E-state index contributed by atoms with van der Waals surface area (Å²) in [4.78, 5) is 14.3. The Morgan fingerprint density at radius 1 is 1.22 bits per heavy atom. The van der Waals surface area contributed by atoms with Crippen molar-refractivity contribution in [1.82, 2.24) is 10.4 Å². The summed E-state index contributed by atoms with van der Waals surface area (Å²) in [5, 5.41) is 8.86. The maximum absolute atomic E-state index is 11.7. The molecule has 1 saturated heterocycles.